The predicted molar refractivity (Wildman–Crippen MR) is 127 cm³/mol. The molecule has 168 valence electrons. The number of esters is 1. The molecule has 1 aliphatic rings. The second-order valence-corrected chi connectivity index (χ2v) is 9.76. The maximum atomic E-state index is 13.1. The Hall–Kier alpha value is -2.17. The zero-order valence-corrected chi connectivity index (χ0v) is 19.3. The molecular formula is C27H38N2O2. The van der Waals surface area contributed by atoms with E-state index in [9.17, 15) is 4.79 Å². The highest BCUT2D eigenvalue weighted by Crippen LogP contribution is 2.20. The number of benzene rings is 2. The summed E-state index contributed by atoms with van der Waals surface area (Å²) in [6, 6.07) is 21.5. The molecule has 1 fully saturated rings. The lowest BCUT2D eigenvalue weighted by Crippen LogP contribution is -2.43. The van der Waals surface area contributed by atoms with Crippen molar-refractivity contribution in [3.63, 3.8) is 0 Å². The Kier molecular flexibility index (Phi) is 8.68. The van der Waals surface area contributed by atoms with Gasteiger partial charge in [-0.05, 0) is 44.7 Å². The maximum absolute atomic E-state index is 13.1. The third kappa shape index (κ3) is 8.47. The molecule has 0 saturated heterocycles. The summed E-state index contributed by atoms with van der Waals surface area (Å²) in [7, 11) is 0. The average molecular weight is 423 g/mol. The summed E-state index contributed by atoms with van der Waals surface area (Å²) < 4.78 is 5.81. The number of carbonyl (C=O) groups is 1. The van der Waals surface area contributed by atoms with Gasteiger partial charge in [-0.1, -0.05) is 73.5 Å². The molecule has 0 radical (unpaired) electrons. The lowest BCUT2D eigenvalue weighted by atomic mass is 10.1. The van der Waals surface area contributed by atoms with Crippen molar-refractivity contribution in [2.75, 3.05) is 13.1 Å². The largest absolute Gasteiger partial charge is 0.460 e. The van der Waals surface area contributed by atoms with Gasteiger partial charge in [-0.25, -0.2) is 0 Å². The quantitative estimate of drug-likeness (QED) is 0.536. The van der Waals surface area contributed by atoms with Crippen molar-refractivity contribution in [3.8, 4) is 0 Å². The Morgan fingerprint density at radius 2 is 1.48 bits per heavy atom. The van der Waals surface area contributed by atoms with Gasteiger partial charge < -0.3 is 10.1 Å². The minimum absolute atomic E-state index is 0.107. The minimum atomic E-state index is -0.480. The molecule has 4 heteroatoms. The molecule has 1 aliphatic carbocycles. The number of hydrogen-bond acceptors (Lipinski definition) is 4. The molecule has 1 unspecified atom stereocenters. The van der Waals surface area contributed by atoms with Crippen molar-refractivity contribution in [2.45, 2.75) is 71.2 Å². The molecule has 0 aliphatic heterocycles. The van der Waals surface area contributed by atoms with E-state index in [1.54, 1.807) is 0 Å². The van der Waals surface area contributed by atoms with Crippen LogP contribution in [0.25, 0.3) is 0 Å². The van der Waals surface area contributed by atoms with E-state index >= 15 is 0 Å². The topological polar surface area (TPSA) is 41.6 Å². The van der Waals surface area contributed by atoms with E-state index < -0.39 is 5.60 Å². The van der Waals surface area contributed by atoms with Gasteiger partial charge in [-0.15, -0.1) is 0 Å². The van der Waals surface area contributed by atoms with Crippen LogP contribution < -0.4 is 5.32 Å². The molecule has 1 atom stereocenters. The molecular weight excluding hydrogens is 384 g/mol. The summed E-state index contributed by atoms with van der Waals surface area (Å²) in [6.07, 6.45) is 4.98. The van der Waals surface area contributed by atoms with E-state index in [0.717, 1.165) is 13.1 Å². The van der Waals surface area contributed by atoms with E-state index in [1.165, 1.54) is 36.8 Å². The van der Waals surface area contributed by atoms with Crippen LogP contribution in [0.5, 0.6) is 0 Å². The van der Waals surface area contributed by atoms with Crippen molar-refractivity contribution in [3.05, 3.63) is 71.8 Å². The lowest BCUT2D eigenvalue weighted by Gasteiger charge is -2.30. The summed E-state index contributed by atoms with van der Waals surface area (Å²) in [5.41, 5.74) is 2.03. The standard InChI is InChI=1S/C27H38N2O2/c1-27(2,3)31-26(30)24(18-28-25-16-10-11-17-25)21-29(19-22-12-6-4-7-13-22)20-23-14-8-5-9-15-23/h4-9,12-15,24-25,28H,10-11,16-21H2,1-3H3. The fraction of sp³-hybridized carbons (Fsp3) is 0.519. The first-order chi connectivity index (χ1) is 14.9. The van der Waals surface area contributed by atoms with Crippen molar-refractivity contribution < 1.29 is 9.53 Å². The number of nitrogens with one attached hydrogen (secondary N) is 1. The molecule has 2 aromatic carbocycles. The van der Waals surface area contributed by atoms with Crippen molar-refractivity contribution in [2.24, 2.45) is 5.92 Å². The Balaban J connectivity index is 1.74. The third-order valence-electron chi connectivity index (χ3n) is 5.72. The van der Waals surface area contributed by atoms with Crippen LogP contribution >= 0.6 is 0 Å². The molecule has 0 amide bonds. The fourth-order valence-electron chi connectivity index (χ4n) is 4.23. The number of nitrogens with zero attached hydrogens (tertiary/aromatic N) is 1. The van der Waals surface area contributed by atoms with Gasteiger partial charge in [0.2, 0.25) is 0 Å². The Labute approximate surface area is 188 Å². The molecule has 0 spiro atoms. The molecule has 0 aromatic heterocycles. The van der Waals surface area contributed by atoms with Gasteiger partial charge in [-0.2, -0.15) is 0 Å². The Morgan fingerprint density at radius 3 is 1.97 bits per heavy atom. The van der Waals surface area contributed by atoms with E-state index in [1.807, 2.05) is 32.9 Å². The summed E-state index contributed by atoms with van der Waals surface area (Å²) in [6.45, 7) is 8.77. The second kappa shape index (κ2) is 11.4. The fourth-order valence-corrected chi connectivity index (χ4v) is 4.23. The molecule has 31 heavy (non-hydrogen) atoms. The smallest absolute Gasteiger partial charge is 0.312 e. The average Bonchev–Trinajstić information content (AvgIpc) is 3.25. The van der Waals surface area contributed by atoms with E-state index in [0.29, 0.717) is 19.1 Å². The molecule has 1 saturated carbocycles. The van der Waals surface area contributed by atoms with Crippen LogP contribution in [0, 0.1) is 5.92 Å². The van der Waals surface area contributed by atoms with Crippen LogP contribution in [0.1, 0.15) is 57.6 Å². The normalized spacial score (nSPS) is 15.9. The number of carbonyl (C=O) groups excluding carboxylic acids is 1. The van der Waals surface area contributed by atoms with Crippen LogP contribution in [-0.2, 0) is 22.6 Å². The van der Waals surface area contributed by atoms with E-state index in [2.05, 4.69) is 58.7 Å². The minimum Gasteiger partial charge on any atom is -0.460 e. The van der Waals surface area contributed by atoms with Crippen LogP contribution in [-0.4, -0.2) is 35.6 Å². The number of hydrogen-bond donors (Lipinski definition) is 1. The number of rotatable bonds is 10. The Morgan fingerprint density at radius 1 is 0.968 bits per heavy atom. The monoisotopic (exact) mass is 422 g/mol. The van der Waals surface area contributed by atoms with Crippen molar-refractivity contribution in [1.29, 1.82) is 0 Å². The molecule has 0 heterocycles. The van der Waals surface area contributed by atoms with Gasteiger partial charge in [0.25, 0.3) is 0 Å². The van der Waals surface area contributed by atoms with Crippen LogP contribution in [0.15, 0.2) is 60.7 Å². The van der Waals surface area contributed by atoms with E-state index in [4.69, 9.17) is 4.74 Å². The SMILES string of the molecule is CC(C)(C)OC(=O)C(CNC1CCCC1)CN(Cc1ccccc1)Cc1ccccc1. The maximum Gasteiger partial charge on any atom is 0.312 e. The first-order valence-electron chi connectivity index (χ1n) is 11.7. The Bertz CT molecular complexity index is 738. The molecule has 4 nitrogen and oxygen atoms in total. The first-order valence-corrected chi connectivity index (χ1v) is 11.7. The second-order valence-electron chi connectivity index (χ2n) is 9.76. The van der Waals surface area contributed by atoms with Gasteiger partial charge in [0, 0.05) is 32.2 Å². The van der Waals surface area contributed by atoms with E-state index in [-0.39, 0.29) is 11.9 Å². The summed E-state index contributed by atoms with van der Waals surface area (Å²) in [5, 5.41) is 3.65. The van der Waals surface area contributed by atoms with Gasteiger partial charge in [-0.3, -0.25) is 9.69 Å². The summed E-state index contributed by atoms with van der Waals surface area (Å²) in [5.74, 6) is -0.309. The first kappa shape index (κ1) is 23.5. The van der Waals surface area contributed by atoms with Crippen molar-refractivity contribution in [1.82, 2.24) is 10.2 Å². The van der Waals surface area contributed by atoms with Crippen LogP contribution in [0.4, 0.5) is 0 Å². The third-order valence-corrected chi connectivity index (χ3v) is 5.72. The molecule has 0 bridgehead atoms. The summed E-state index contributed by atoms with van der Waals surface area (Å²) >= 11 is 0. The van der Waals surface area contributed by atoms with Crippen LogP contribution in [0.3, 0.4) is 0 Å². The number of ether oxygens (including phenoxy) is 1. The van der Waals surface area contributed by atoms with Crippen LogP contribution in [0.2, 0.25) is 0 Å². The highest BCUT2D eigenvalue weighted by Gasteiger charge is 2.28. The highest BCUT2D eigenvalue weighted by atomic mass is 16.6. The highest BCUT2D eigenvalue weighted by molar-refractivity contribution is 5.73. The molecule has 2 aromatic rings. The predicted octanol–water partition coefficient (Wildman–Crippen LogP) is 5.18. The van der Waals surface area contributed by atoms with Crippen molar-refractivity contribution >= 4 is 5.97 Å². The van der Waals surface area contributed by atoms with Gasteiger partial charge >= 0.3 is 5.97 Å². The lowest BCUT2D eigenvalue weighted by molar-refractivity contribution is -0.160. The summed E-state index contributed by atoms with van der Waals surface area (Å²) in [4.78, 5) is 15.5. The van der Waals surface area contributed by atoms with Gasteiger partial charge in [0.15, 0.2) is 0 Å². The zero-order valence-electron chi connectivity index (χ0n) is 19.3. The molecule has 3 rings (SSSR count). The molecule has 1 N–H and O–H groups in total. The van der Waals surface area contributed by atoms with Gasteiger partial charge in [0.1, 0.15) is 5.60 Å². The zero-order chi connectivity index (χ0) is 22.1. The van der Waals surface area contributed by atoms with Gasteiger partial charge in [0.05, 0.1) is 5.92 Å².